The first kappa shape index (κ1) is 16.3. The summed E-state index contributed by atoms with van der Waals surface area (Å²) < 4.78 is 10.6. The highest BCUT2D eigenvalue weighted by atomic mass is 16.5. The largest absolute Gasteiger partial charge is 0.382 e. The van der Waals surface area contributed by atoms with Crippen LogP contribution in [0.3, 0.4) is 0 Å². The third-order valence-electron chi connectivity index (χ3n) is 3.96. The normalized spacial score (nSPS) is 18.4. The number of rotatable bonds is 8. The zero-order valence-electron chi connectivity index (χ0n) is 13.3. The van der Waals surface area contributed by atoms with Crippen molar-refractivity contribution < 1.29 is 9.47 Å². The molecule has 0 bridgehead atoms. The lowest BCUT2D eigenvalue weighted by Gasteiger charge is -2.26. The maximum Gasteiger partial charge on any atom is 0.0701 e. The van der Waals surface area contributed by atoms with Crippen molar-refractivity contribution in [3.05, 3.63) is 29.8 Å². The zero-order chi connectivity index (χ0) is 14.9. The molecule has 0 amide bonds. The number of nitrogens with zero attached hydrogens (tertiary/aromatic N) is 1. The fourth-order valence-electron chi connectivity index (χ4n) is 2.94. The van der Waals surface area contributed by atoms with Crippen molar-refractivity contribution in [1.29, 1.82) is 0 Å². The van der Waals surface area contributed by atoms with Gasteiger partial charge < -0.3 is 19.7 Å². The second kappa shape index (κ2) is 9.03. The van der Waals surface area contributed by atoms with Gasteiger partial charge in [-0.3, -0.25) is 0 Å². The van der Waals surface area contributed by atoms with Crippen LogP contribution in [-0.2, 0) is 9.47 Å². The molecule has 0 aromatic heterocycles. The van der Waals surface area contributed by atoms with Crippen molar-refractivity contribution in [3.63, 3.8) is 0 Å². The molecule has 0 fully saturated rings. The summed E-state index contributed by atoms with van der Waals surface area (Å²) in [6.07, 6.45) is 2.41. The van der Waals surface area contributed by atoms with Gasteiger partial charge in [0.15, 0.2) is 0 Å². The number of hydrogen-bond donors (Lipinski definition) is 1. The molecule has 1 aromatic carbocycles. The fourth-order valence-corrected chi connectivity index (χ4v) is 2.94. The molecule has 0 aliphatic carbocycles. The van der Waals surface area contributed by atoms with Gasteiger partial charge in [0.2, 0.25) is 0 Å². The van der Waals surface area contributed by atoms with E-state index in [4.69, 9.17) is 9.47 Å². The topological polar surface area (TPSA) is 33.7 Å². The van der Waals surface area contributed by atoms with Crippen molar-refractivity contribution in [2.24, 2.45) is 0 Å². The molecule has 0 saturated carbocycles. The molecule has 4 heteroatoms. The van der Waals surface area contributed by atoms with E-state index >= 15 is 0 Å². The molecule has 0 saturated heterocycles. The number of nitrogens with one attached hydrogen (secondary N) is 1. The lowest BCUT2D eigenvalue weighted by Crippen LogP contribution is -2.29. The Morgan fingerprint density at radius 3 is 2.90 bits per heavy atom. The number of methoxy groups -OCH3 is 1. The molecule has 1 N–H and O–H groups in total. The molecule has 0 radical (unpaired) electrons. The van der Waals surface area contributed by atoms with E-state index in [2.05, 4.69) is 41.4 Å². The highest BCUT2D eigenvalue weighted by Crippen LogP contribution is 2.32. The Hall–Kier alpha value is -1.10. The van der Waals surface area contributed by atoms with E-state index in [1.165, 1.54) is 24.1 Å². The predicted molar refractivity (Wildman–Crippen MR) is 87.0 cm³/mol. The van der Waals surface area contributed by atoms with Gasteiger partial charge in [-0.05, 0) is 31.0 Å². The molecule has 1 heterocycles. The fraction of sp³-hybridized carbons (Fsp3) is 0.647. The third kappa shape index (κ3) is 4.70. The average molecular weight is 292 g/mol. The van der Waals surface area contributed by atoms with Crippen LogP contribution in [0.5, 0.6) is 0 Å². The van der Waals surface area contributed by atoms with Crippen LogP contribution < -0.4 is 10.2 Å². The maximum atomic E-state index is 5.62. The summed E-state index contributed by atoms with van der Waals surface area (Å²) in [5, 5.41) is 3.61. The minimum Gasteiger partial charge on any atom is -0.382 e. The summed E-state index contributed by atoms with van der Waals surface area (Å²) in [7, 11) is 1.70. The Balaban J connectivity index is 1.99. The van der Waals surface area contributed by atoms with Gasteiger partial charge >= 0.3 is 0 Å². The summed E-state index contributed by atoms with van der Waals surface area (Å²) in [5.74, 6) is 0. The maximum absolute atomic E-state index is 5.62. The summed E-state index contributed by atoms with van der Waals surface area (Å²) >= 11 is 0. The molecular formula is C17H28N2O2. The SMILES string of the molecule is CCNC1CCCN(CCOCCOC)c2ccccc21. The number of para-hydroxylation sites is 1. The van der Waals surface area contributed by atoms with Gasteiger partial charge in [-0.25, -0.2) is 0 Å². The Morgan fingerprint density at radius 1 is 1.24 bits per heavy atom. The smallest absolute Gasteiger partial charge is 0.0701 e. The molecule has 1 aliphatic rings. The molecule has 21 heavy (non-hydrogen) atoms. The van der Waals surface area contributed by atoms with Crippen LogP contribution in [0, 0.1) is 0 Å². The Kier molecular flexibility index (Phi) is 7.00. The van der Waals surface area contributed by atoms with Crippen molar-refractivity contribution in [2.45, 2.75) is 25.8 Å². The quantitative estimate of drug-likeness (QED) is 0.747. The predicted octanol–water partition coefficient (Wildman–Crippen LogP) is 2.60. The number of anilines is 1. The summed E-state index contributed by atoms with van der Waals surface area (Å²) in [5.41, 5.74) is 2.78. The Labute approximate surface area is 128 Å². The number of benzene rings is 1. The van der Waals surface area contributed by atoms with Gasteiger partial charge in [-0.15, -0.1) is 0 Å². The number of ether oxygens (including phenoxy) is 2. The van der Waals surface area contributed by atoms with Gasteiger partial charge in [0.05, 0.1) is 19.8 Å². The van der Waals surface area contributed by atoms with Gasteiger partial charge in [-0.2, -0.15) is 0 Å². The van der Waals surface area contributed by atoms with Gasteiger partial charge in [0, 0.05) is 31.9 Å². The van der Waals surface area contributed by atoms with Crippen LogP contribution in [-0.4, -0.2) is 46.6 Å². The minimum absolute atomic E-state index is 0.477. The number of fused-ring (bicyclic) bond motifs is 1. The van der Waals surface area contributed by atoms with E-state index in [1.807, 2.05) is 0 Å². The van der Waals surface area contributed by atoms with Crippen LogP contribution in [0.1, 0.15) is 31.4 Å². The molecule has 1 atom stereocenters. The second-order valence-electron chi connectivity index (χ2n) is 5.40. The molecule has 2 rings (SSSR count). The first-order valence-electron chi connectivity index (χ1n) is 8.00. The van der Waals surface area contributed by atoms with Crippen LogP contribution in [0.15, 0.2) is 24.3 Å². The molecule has 1 aliphatic heterocycles. The Bertz CT molecular complexity index is 412. The second-order valence-corrected chi connectivity index (χ2v) is 5.40. The molecule has 1 aromatic rings. The van der Waals surface area contributed by atoms with E-state index in [-0.39, 0.29) is 0 Å². The Morgan fingerprint density at radius 2 is 2.10 bits per heavy atom. The van der Waals surface area contributed by atoms with Crippen molar-refractivity contribution in [1.82, 2.24) is 5.32 Å². The van der Waals surface area contributed by atoms with E-state index in [0.29, 0.717) is 19.3 Å². The van der Waals surface area contributed by atoms with E-state index < -0.39 is 0 Å². The molecule has 1 unspecified atom stereocenters. The zero-order valence-corrected chi connectivity index (χ0v) is 13.3. The molecule has 118 valence electrons. The van der Waals surface area contributed by atoms with Crippen molar-refractivity contribution in [3.8, 4) is 0 Å². The average Bonchev–Trinajstić information content (AvgIpc) is 2.68. The first-order valence-corrected chi connectivity index (χ1v) is 8.00. The highest BCUT2D eigenvalue weighted by molar-refractivity contribution is 5.55. The van der Waals surface area contributed by atoms with E-state index in [0.717, 1.165) is 26.2 Å². The standard InChI is InChI=1S/C17H28N2O2/c1-3-18-16-8-6-10-19(11-12-21-14-13-20-2)17-9-5-4-7-15(16)17/h4-5,7,9,16,18H,3,6,8,10-14H2,1-2H3. The summed E-state index contributed by atoms with van der Waals surface area (Å²) in [4.78, 5) is 2.46. The summed E-state index contributed by atoms with van der Waals surface area (Å²) in [6, 6.07) is 9.24. The molecular weight excluding hydrogens is 264 g/mol. The highest BCUT2D eigenvalue weighted by Gasteiger charge is 2.21. The van der Waals surface area contributed by atoms with Crippen molar-refractivity contribution >= 4 is 5.69 Å². The number of hydrogen-bond acceptors (Lipinski definition) is 4. The van der Waals surface area contributed by atoms with E-state index in [9.17, 15) is 0 Å². The van der Waals surface area contributed by atoms with Crippen LogP contribution in [0.4, 0.5) is 5.69 Å². The lowest BCUT2D eigenvalue weighted by molar-refractivity contribution is 0.0740. The van der Waals surface area contributed by atoms with Crippen LogP contribution >= 0.6 is 0 Å². The lowest BCUT2D eigenvalue weighted by atomic mass is 10.0. The van der Waals surface area contributed by atoms with Gasteiger partial charge in [0.1, 0.15) is 0 Å². The monoisotopic (exact) mass is 292 g/mol. The van der Waals surface area contributed by atoms with E-state index in [1.54, 1.807) is 7.11 Å². The molecule has 4 nitrogen and oxygen atoms in total. The summed E-state index contributed by atoms with van der Waals surface area (Å²) in [6.45, 7) is 7.33. The minimum atomic E-state index is 0.477. The van der Waals surface area contributed by atoms with Crippen LogP contribution in [0.25, 0.3) is 0 Å². The first-order chi connectivity index (χ1) is 10.4. The van der Waals surface area contributed by atoms with Crippen LogP contribution in [0.2, 0.25) is 0 Å². The molecule has 0 spiro atoms. The van der Waals surface area contributed by atoms with Gasteiger partial charge in [0.25, 0.3) is 0 Å². The third-order valence-corrected chi connectivity index (χ3v) is 3.96. The van der Waals surface area contributed by atoms with Crippen molar-refractivity contribution in [2.75, 3.05) is 51.5 Å². The van der Waals surface area contributed by atoms with Gasteiger partial charge in [-0.1, -0.05) is 25.1 Å².